The average Bonchev–Trinajstić information content (AvgIpc) is 2.43. The molecule has 1 rings (SSSR count). The van der Waals surface area contributed by atoms with Crippen LogP contribution in [-0.4, -0.2) is 40.4 Å². The molecule has 0 unspecified atom stereocenters. The molecule has 1 aliphatic rings. The molecule has 4 nitrogen and oxygen atoms in total. The first-order valence-electron chi connectivity index (χ1n) is 5.51. The van der Waals surface area contributed by atoms with Crippen LogP contribution in [-0.2, 0) is 4.74 Å². The van der Waals surface area contributed by atoms with Crippen LogP contribution in [0, 0.1) is 0 Å². The molecule has 0 aromatic heterocycles. The summed E-state index contributed by atoms with van der Waals surface area (Å²) < 4.78 is 5.28. The molecule has 1 fully saturated rings. The van der Waals surface area contributed by atoms with E-state index in [1.807, 2.05) is 27.7 Å². The quantitative estimate of drug-likeness (QED) is 0.725. The first kappa shape index (κ1) is 12.3. The summed E-state index contributed by atoms with van der Waals surface area (Å²) in [7, 11) is 0. The van der Waals surface area contributed by atoms with Crippen molar-refractivity contribution in [2.45, 2.75) is 58.3 Å². The summed E-state index contributed by atoms with van der Waals surface area (Å²) in [4.78, 5) is 13.4. The molecule has 0 aliphatic carbocycles. The van der Waals surface area contributed by atoms with E-state index in [1.54, 1.807) is 4.90 Å². The van der Waals surface area contributed by atoms with E-state index in [-0.39, 0.29) is 12.1 Å². The minimum absolute atomic E-state index is 0.120. The molecule has 1 amide bonds. The Balaban J connectivity index is 2.59. The molecule has 0 saturated carbocycles. The smallest absolute Gasteiger partial charge is 0.410 e. The highest BCUT2D eigenvalue weighted by Crippen LogP contribution is 2.22. The van der Waals surface area contributed by atoms with Crippen molar-refractivity contribution in [2.75, 3.05) is 6.54 Å². The van der Waals surface area contributed by atoms with Gasteiger partial charge in [0.1, 0.15) is 5.60 Å². The Labute approximate surface area is 91.2 Å². The maximum atomic E-state index is 11.8. The molecule has 0 aromatic carbocycles. The number of nitrogens with zero attached hydrogens (tertiary/aromatic N) is 1. The van der Waals surface area contributed by atoms with E-state index in [0.29, 0.717) is 13.0 Å². The summed E-state index contributed by atoms with van der Waals surface area (Å²) in [5, 5.41) is 9.50. The van der Waals surface area contributed by atoms with Gasteiger partial charge in [-0.1, -0.05) is 6.92 Å². The van der Waals surface area contributed by atoms with Crippen molar-refractivity contribution in [1.29, 1.82) is 0 Å². The van der Waals surface area contributed by atoms with E-state index in [0.717, 1.165) is 6.42 Å². The number of aliphatic hydroxyl groups is 1. The number of carbonyl (C=O) groups is 1. The van der Waals surface area contributed by atoms with E-state index in [4.69, 9.17) is 4.74 Å². The largest absolute Gasteiger partial charge is 0.444 e. The topological polar surface area (TPSA) is 49.8 Å². The molecule has 88 valence electrons. The lowest BCUT2D eigenvalue weighted by Gasteiger charge is -2.27. The van der Waals surface area contributed by atoms with Crippen LogP contribution in [0.5, 0.6) is 0 Å². The number of ether oxygens (including phenoxy) is 1. The van der Waals surface area contributed by atoms with Crippen molar-refractivity contribution in [3.8, 4) is 0 Å². The zero-order valence-corrected chi connectivity index (χ0v) is 9.99. The van der Waals surface area contributed by atoms with Gasteiger partial charge in [-0.05, 0) is 33.6 Å². The van der Waals surface area contributed by atoms with Gasteiger partial charge in [0.15, 0.2) is 0 Å². The van der Waals surface area contributed by atoms with E-state index < -0.39 is 11.7 Å². The monoisotopic (exact) mass is 215 g/mol. The van der Waals surface area contributed by atoms with Crippen molar-refractivity contribution < 1.29 is 14.6 Å². The van der Waals surface area contributed by atoms with Gasteiger partial charge in [-0.15, -0.1) is 0 Å². The Morgan fingerprint density at radius 3 is 2.60 bits per heavy atom. The van der Waals surface area contributed by atoms with Crippen LogP contribution in [0.25, 0.3) is 0 Å². The second-order valence-corrected chi connectivity index (χ2v) is 5.08. The zero-order valence-electron chi connectivity index (χ0n) is 9.99. The summed E-state index contributed by atoms with van der Waals surface area (Å²) in [5.74, 6) is 0. The normalized spacial score (nSPS) is 26.9. The lowest BCUT2D eigenvalue weighted by Crippen LogP contribution is -2.39. The number of aliphatic hydroxyl groups excluding tert-OH is 1. The third-order valence-corrected chi connectivity index (χ3v) is 2.49. The summed E-state index contributed by atoms with van der Waals surface area (Å²) in [6, 6.07) is 0.120. The Bertz CT molecular complexity index is 234. The van der Waals surface area contributed by atoms with Crippen LogP contribution in [0.2, 0.25) is 0 Å². The molecule has 2 atom stereocenters. The van der Waals surface area contributed by atoms with Gasteiger partial charge in [0.2, 0.25) is 0 Å². The maximum Gasteiger partial charge on any atom is 0.410 e. The summed E-state index contributed by atoms with van der Waals surface area (Å²) in [5.41, 5.74) is -0.469. The SMILES string of the molecule is CC[C@@H]1C[C@H](O)CN1C(=O)OC(C)(C)C. The van der Waals surface area contributed by atoms with Gasteiger partial charge in [-0.2, -0.15) is 0 Å². The van der Waals surface area contributed by atoms with Crippen LogP contribution in [0.15, 0.2) is 0 Å². The summed E-state index contributed by atoms with van der Waals surface area (Å²) >= 11 is 0. The van der Waals surface area contributed by atoms with Crippen molar-refractivity contribution in [1.82, 2.24) is 4.90 Å². The number of hydrogen-bond donors (Lipinski definition) is 1. The number of carbonyl (C=O) groups excluding carboxylic acids is 1. The van der Waals surface area contributed by atoms with E-state index >= 15 is 0 Å². The van der Waals surface area contributed by atoms with Gasteiger partial charge in [0.25, 0.3) is 0 Å². The Morgan fingerprint density at radius 2 is 2.13 bits per heavy atom. The van der Waals surface area contributed by atoms with Crippen LogP contribution >= 0.6 is 0 Å². The molecule has 1 heterocycles. The predicted octanol–water partition coefficient (Wildman–Crippen LogP) is 1.77. The van der Waals surface area contributed by atoms with Crippen LogP contribution < -0.4 is 0 Å². The Morgan fingerprint density at radius 1 is 1.53 bits per heavy atom. The van der Waals surface area contributed by atoms with Crippen molar-refractivity contribution in [3.63, 3.8) is 0 Å². The van der Waals surface area contributed by atoms with E-state index in [1.165, 1.54) is 0 Å². The average molecular weight is 215 g/mol. The van der Waals surface area contributed by atoms with Gasteiger partial charge < -0.3 is 14.7 Å². The maximum absolute atomic E-state index is 11.8. The van der Waals surface area contributed by atoms with Crippen LogP contribution in [0.4, 0.5) is 4.79 Å². The Hall–Kier alpha value is -0.770. The van der Waals surface area contributed by atoms with Crippen molar-refractivity contribution >= 4 is 6.09 Å². The molecule has 1 aliphatic heterocycles. The minimum atomic E-state index is -0.469. The lowest BCUT2D eigenvalue weighted by atomic mass is 10.1. The Kier molecular flexibility index (Phi) is 3.60. The summed E-state index contributed by atoms with van der Waals surface area (Å²) in [6.07, 6.45) is 0.805. The highest BCUT2D eigenvalue weighted by atomic mass is 16.6. The molecular weight excluding hydrogens is 194 g/mol. The molecule has 1 saturated heterocycles. The molecular formula is C11H21NO3. The first-order chi connectivity index (χ1) is 6.83. The highest BCUT2D eigenvalue weighted by Gasteiger charge is 2.35. The van der Waals surface area contributed by atoms with Gasteiger partial charge in [-0.3, -0.25) is 0 Å². The minimum Gasteiger partial charge on any atom is -0.444 e. The highest BCUT2D eigenvalue weighted by molar-refractivity contribution is 5.69. The van der Waals surface area contributed by atoms with E-state index in [2.05, 4.69) is 0 Å². The fraction of sp³-hybridized carbons (Fsp3) is 0.909. The number of likely N-dealkylation sites (tertiary alicyclic amines) is 1. The fourth-order valence-corrected chi connectivity index (χ4v) is 1.82. The number of rotatable bonds is 1. The number of amides is 1. The van der Waals surface area contributed by atoms with Gasteiger partial charge in [-0.25, -0.2) is 4.79 Å². The molecule has 0 radical (unpaired) electrons. The summed E-state index contributed by atoms with van der Waals surface area (Å²) in [6.45, 7) is 7.95. The van der Waals surface area contributed by atoms with Crippen LogP contribution in [0.1, 0.15) is 40.5 Å². The molecule has 0 spiro atoms. The third-order valence-electron chi connectivity index (χ3n) is 2.49. The molecule has 0 bridgehead atoms. The molecule has 4 heteroatoms. The van der Waals surface area contributed by atoms with Crippen molar-refractivity contribution in [2.24, 2.45) is 0 Å². The number of β-amino-alcohol motifs (C(OH)–C–C–N with tert-alkyl or cyclic N) is 1. The van der Waals surface area contributed by atoms with Crippen molar-refractivity contribution in [3.05, 3.63) is 0 Å². The van der Waals surface area contributed by atoms with Crippen LogP contribution in [0.3, 0.4) is 0 Å². The molecule has 0 aromatic rings. The fourth-order valence-electron chi connectivity index (χ4n) is 1.82. The van der Waals surface area contributed by atoms with Gasteiger partial charge in [0, 0.05) is 6.04 Å². The second kappa shape index (κ2) is 4.39. The third kappa shape index (κ3) is 3.38. The first-order valence-corrected chi connectivity index (χ1v) is 5.51. The molecule has 15 heavy (non-hydrogen) atoms. The lowest BCUT2D eigenvalue weighted by molar-refractivity contribution is 0.0206. The standard InChI is InChI=1S/C11H21NO3/c1-5-8-6-9(13)7-12(8)10(14)15-11(2,3)4/h8-9,13H,5-7H2,1-4H3/t8-,9+/m1/s1. The number of hydrogen-bond acceptors (Lipinski definition) is 3. The predicted molar refractivity (Wildman–Crippen MR) is 57.6 cm³/mol. The second-order valence-electron chi connectivity index (χ2n) is 5.08. The van der Waals surface area contributed by atoms with Gasteiger partial charge in [0.05, 0.1) is 12.6 Å². The zero-order chi connectivity index (χ0) is 11.6. The molecule has 1 N–H and O–H groups in total. The van der Waals surface area contributed by atoms with E-state index in [9.17, 15) is 9.90 Å². The van der Waals surface area contributed by atoms with Gasteiger partial charge >= 0.3 is 6.09 Å².